The van der Waals surface area contributed by atoms with Crippen molar-refractivity contribution in [3.05, 3.63) is 40.6 Å². The fourth-order valence-corrected chi connectivity index (χ4v) is 3.53. The van der Waals surface area contributed by atoms with Crippen molar-refractivity contribution in [2.24, 2.45) is 0 Å². The van der Waals surface area contributed by atoms with E-state index in [4.69, 9.17) is 9.90 Å². The molecule has 3 aromatic heterocycles. The second-order valence-corrected chi connectivity index (χ2v) is 6.85. The second kappa shape index (κ2) is 8.37. The van der Waals surface area contributed by atoms with E-state index in [0.29, 0.717) is 5.13 Å². The van der Waals surface area contributed by atoms with Gasteiger partial charge in [0.05, 0.1) is 10.6 Å². The molecule has 0 aliphatic heterocycles. The Morgan fingerprint density at radius 3 is 2.75 bits per heavy atom. The zero-order chi connectivity index (χ0) is 17.5. The van der Waals surface area contributed by atoms with Gasteiger partial charge in [-0.1, -0.05) is 0 Å². The number of carbonyl (C=O) groups is 2. The number of aryl methyl sites for hydroxylation is 2. The number of hydrogen-bond donors (Lipinski definition) is 2. The molecule has 1 amide bonds. The first kappa shape index (κ1) is 17.8. The highest BCUT2D eigenvalue weighted by molar-refractivity contribution is 7.17. The van der Waals surface area contributed by atoms with Gasteiger partial charge in [0.25, 0.3) is 6.47 Å². The Bertz CT molecular complexity index is 822. The third-order valence-electron chi connectivity index (χ3n) is 2.98. The minimum atomic E-state index is -0.250. The lowest BCUT2D eigenvalue weighted by Crippen LogP contribution is -2.18. The summed E-state index contributed by atoms with van der Waals surface area (Å²) >= 11 is 3.14. The van der Waals surface area contributed by atoms with Crippen molar-refractivity contribution in [3.8, 4) is 10.6 Å². The molecule has 0 radical (unpaired) electrons. The first-order chi connectivity index (χ1) is 11.5. The lowest BCUT2D eigenvalue weighted by molar-refractivity contribution is -0.123. The second-order valence-electron chi connectivity index (χ2n) is 4.70. The van der Waals surface area contributed by atoms with Crippen molar-refractivity contribution in [3.63, 3.8) is 0 Å². The van der Waals surface area contributed by atoms with E-state index in [9.17, 15) is 4.79 Å². The summed E-state index contributed by atoms with van der Waals surface area (Å²) in [5.74, 6) is 0.721. The number of nitrogens with one attached hydrogen (secondary N) is 1. The number of imidazole rings is 1. The highest BCUT2D eigenvalue weighted by Gasteiger charge is 2.10. The lowest BCUT2D eigenvalue weighted by Gasteiger charge is -2.04. The van der Waals surface area contributed by atoms with E-state index in [2.05, 4.69) is 34.3 Å². The Morgan fingerprint density at radius 2 is 2.17 bits per heavy atom. The smallest absolute Gasteiger partial charge is 0.290 e. The summed E-state index contributed by atoms with van der Waals surface area (Å²) < 4.78 is 1.80. The molecule has 0 saturated carbocycles. The number of thiazole rings is 1. The summed E-state index contributed by atoms with van der Waals surface area (Å²) in [5, 5.41) is 12.3. The van der Waals surface area contributed by atoms with Crippen LogP contribution in [0.25, 0.3) is 10.6 Å². The first-order valence-corrected chi connectivity index (χ1v) is 8.61. The largest absolute Gasteiger partial charge is 0.483 e. The molecule has 24 heavy (non-hydrogen) atoms. The van der Waals surface area contributed by atoms with Crippen LogP contribution in [-0.4, -0.2) is 32.0 Å². The molecule has 9 heteroatoms. The van der Waals surface area contributed by atoms with Gasteiger partial charge in [0.15, 0.2) is 5.13 Å². The van der Waals surface area contributed by atoms with Gasteiger partial charge in [0, 0.05) is 22.7 Å². The standard InChI is InChI=1S/C14H14N4OS2.CH2O2/c1-9-3-4-12(21-9)11-8-20-14(16-11)17-13(19)7-18-6-5-15-10(18)2;2-1-3/h3-6,8H,7H2,1-2H3,(H,16,17,19);1H,(H,2,3). The number of anilines is 1. The van der Waals surface area contributed by atoms with Crippen molar-refractivity contribution in [1.29, 1.82) is 0 Å². The van der Waals surface area contributed by atoms with Crippen molar-refractivity contribution in [2.45, 2.75) is 20.4 Å². The van der Waals surface area contributed by atoms with Gasteiger partial charge in [-0.05, 0) is 26.0 Å². The molecule has 0 aliphatic rings. The number of carboxylic acid groups (broad SMARTS) is 1. The first-order valence-electron chi connectivity index (χ1n) is 6.91. The van der Waals surface area contributed by atoms with Gasteiger partial charge in [-0.25, -0.2) is 9.97 Å². The van der Waals surface area contributed by atoms with Gasteiger partial charge in [0.2, 0.25) is 5.91 Å². The average Bonchev–Trinajstić information content (AvgIpc) is 3.23. The molecule has 7 nitrogen and oxygen atoms in total. The molecule has 0 spiro atoms. The minimum absolute atomic E-state index is 0.0978. The molecule has 0 fully saturated rings. The molecular weight excluding hydrogens is 348 g/mol. The quantitative estimate of drug-likeness (QED) is 0.694. The summed E-state index contributed by atoms with van der Waals surface area (Å²) in [4.78, 5) is 31.3. The van der Waals surface area contributed by atoms with Gasteiger partial charge >= 0.3 is 0 Å². The van der Waals surface area contributed by atoms with Crippen molar-refractivity contribution in [2.75, 3.05) is 5.32 Å². The van der Waals surface area contributed by atoms with Gasteiger partial charge in [-0.2, -0.15) is 0 Å². The predicted molar refractivity (Wildman–Crippen MR) is 94.5 cm³/mol. The third-order valence-corrected chi connectivity index (χ3v) is 4.76. The summed E-state index contributed by atoms with van der Waals surface area (Å²) in [6, 6.07) is 4.12. The molecule has 2 N–H and O–H groups in total. The zero-order valence-corrected chi connectivity index (χ0v) is 14.7. The van der Waals surface area contributed by atoms with Gasteiger partial charge in [-0.15, -0.1) is 22.7 Å². The van der Waals surface area contributed by atoms with Crippen LogP contribution in [0.1, 0.15) is 10.7 Å². The number of hydrogen-bond acceptors (Lipinski definition) is 6. The van der Waals surface area contributed by atoms with Crippen LogP contribution in [0.5, 0.6) is 0 Å². The van der Waals surface area contributed by atoms with Crippen LogP contribution in [0.2, 0.25) is 0 Å². The number of rotatable bonds is 4. The molecule has 3 aromatic rings. The Hall–Kier alpha value is -2.52. The molecule has 126 valence electrons. The predicted octanol–water partition coefficient (Wildman–Crippen LogP) is 3.02. The molecular formula is C15H16N4O3S2. The number of thiophene rings is 1. The Labute approximate surface area is 146 Å². The van der Waals surface area contributed by atoms with E-state index in [0.717, 1.165) is 16.4 Å². The highest BCUT2D eigenvalue weighted by atomic mass is 32.1. The monoisotopic (exact) mass is 364 g/mol. The number of amides is 1. The van der Waals surface area contributed by atoms with Crippen LogP contribution in [0, 0.1) is 13.8 Å². The summed E-state index contributed by atoms with van der Waals surface area (Å²) in [7, 11) is 0. The van der Waals surface area contributed by atoms with E-state index in [1.165, 1.54) is 16.2 Å². The van der Waals surface area contributed by atoms with Crippen LogP contribution < -0.4 is 5.32 Å². The fourth-order valence-electron chi connectivity index (χ4n) is 1.90. The molecule has 3 heterocycles. The van der Waals surface area contributed by atoms with Gasteiger partial charge in [0.1, 0.15) is 12.4 Å². The molecule has 0 aliphatic carbocycles. The van der Waals surface area contributed by atoms with E-state index < -0.39 is 0 Å². The summed E-state index contributed by atoms with van der Waals surface area (Å²) in [6.07, 6.45) is 3.47. The Kier molecular flexibility index (Phi) is 6.21. The number of carbonyl (C=O) groups excluding carboxylic acids is 1. The van der Waals surface area contributed by atoms with Crippen molar-refractivity contribution < 1.29 is 14.7 Å². The van der Waals surface area contributed by atoms with Crippen molar-refractivity contribution in [1.82, 2.24) is 14.5 Å². The van der Waals surface area contributed by atoms with Gasteiger partial charge < -0.3 is 15.0 Å². The SMILES string of the molecule is Cc1ccc(-c2csc(NC(=O)Cn3ccnc3C)n2)s1.O=CO. The lowest BCUT2D eigenvalue weighted by atomic mass is 10.4. The van der Waals surface area contributed by atoms with Crippen LogP contribution in [0.3, 0.4) is 0 Å². The zero-order valence-electron chi connectivity index (χ0n) is 13.1. The molecule has 0 saturated heterocycles. The maximum absolute atomic E-state index is 12.0. The molecule has 0 bridgehead atoms. The van der Waals surface area contributed by atoms with E-state index in [1.807, 2.05) is 12.3 Å². The number of nitrogens with zero attached hydrogens (tertiary/aromatic N) is 3. The van der Waals surface area contributed by atoms with Crippen LogP contribution in [0.4, 0.5) is 5.13 Å². The minimum Gasteiger partial charge on any atom is -0.483 e. The molecule has 3 rings (SSSR count). The van der Waals surface area contributed by atoms with Crippen molar-refractivity contribution >= 4 is 40.2 Å². The topological polar surface area (TPSA) is 97.1 Å². The fraction of sp³-hybridized carbons (Fsp3) is 0.200. The number of aromatic nitrogens is 3. The highest BCUT2D eigenvalue weighted by Crippen LogP contribution is 2.30. The van der Waals surface area contributed by atoms with Crippen LogP contribution in [0.15, 0.2) is 29.9 Å². The van der Waals surface area contributed by atoms with E-state index in [-0.39, 0.29) is 18.9 Å². The summed E-state index contributed by atoms with van der Waals surface area (Å²) in [6.45, 7) is 3.93. The van der Waals surface area contributed by atoms with E-state index in [1.54, 1.807) is 28.3 Å². The average molecular weight is 364 g/mol. The maximum atomic E-state index is 12.0. The van der Waals surface area contributed by atoms with E-state index >= 15 is 0 Å². The Balaban J connectivity index is 0.000000647. The molecule has 0 unspecified atom stereocenters. The van der Waals surface area contributed by atoms with Crippen LogP contribution >= 0.6 is 22.7 Å². The third kappa shape index (κ3) is 4.74. The molecule has 0 aromatic carbocycles. The summed E-state index contributed by atoms with van der Waals surface area (Å²) in [5.41, 5.74) is 0.909. The normalized spacial score (nSPS) is 9.92. The Morgan fingerprint density at radius 1 is 1.42 bits per heavy atom. The van der Waals surface area contributed by atoms with Crippen LogP contribution in [-0.2, 0) is 16.1 Å². The molecule has 0 atom stereocenters. The maximum Gasteiger partial charge on any atom is 0.290 e. The van der Waals surface area contributed by atoms with Gasteiger partial charge in [-0.3, -0.25) is 9.59 Å².